The molecule has 2 aromatic carbocycles. The maximum atomic E-state index is 12.6. The number of nitrogens with one attached hydrogen (secondary N) is 2. The van der Waals surface area contributed by atoms with Crippen LogP contribution in [-0.4, -0.2) is 37.2 Å². The number of aromatic amines is 1. The third-order valence-corrected chi connectivity index (χ3v) is 7.50. The van der Waals surface area contributed by atoms with Crippen LogP contribution in [0, 0.1) is 0 Å². The van der Waals surface area contributed by atoms with Gasteiger partial charge in [-0.1, -0.05) is 54.6 Å². The molecule has 41 heavy (non-hydrogen) atoms. The number of primary amides is 1. The van der Waals surface area contributed by atoms with Crippen LogP contribution in [0.25, 0.3) is 39.4 Å². The third kappa shape index (κ3) is 4.95. The summed E-state index contributed by atoms with van der Waals surface area (Å²) in [5.41, 5.74) is 11.5. The van der Waals surface area contributed by atoms with E-state index in [1.807, 2.05) is 92.0 Å². The number of rotatable bonds is 6. The average molecular weight is 549 g/mol. The first-order valence-corrected chi connectivity index (χ1v) is 13.7. The summed E-state index contributed by atoms with van der Waals surface area (Å²) in [6.45, 7) is 5.57. The molecule has 3 heterocycles. The molecular weight excluding hydrogens is 516 g/mol. The van der Waals surface area contributed by atoms with Crippen LogP contribution in [0.2, 0.25) is 0 Å². The zero-order valence-electron chi connectivity index (χ0n) is 23.3. The number of hydrogen-bond acceptors (Lipinski definition) is 5. The predicted octanol–water partition coefficient (Wildman–Crippen LogP) is 6.06. The van der Waals surface area contributed by atoms with E-state index in [0.717, 1.165) is 58.6 Å². The monoisotopic (exact) mass is 548 g/mol. The number of amides is 2. The molecule has 208 valence electrons. The van der Waals surface area contributed by atoms with E-state index < -0.39 is 23.1 Å². The van der Waals surface area contributed by atoms with E-state index in [2.05, 4.69) is 15.5 Å². The fourth-order valence-electron chi connectivity index (χ4n) is 5.43. The quantitative estimate of drug-likeness (QED) is 0.238. The summed E-state index contributed by atoms with van der Waals surface area (Å²) < 4.78 is 7.47. The number of fused-ring (bicyclic) bond motifs is 1. The van der Waals surface area contributed by atoms with Gasteiger partial charge < -0.3 is 15.8 Å². The highest BCUT2D eigenvalue weighted by atomic mass is 16.6. The van der Waals surface area contributed by atoms with E-state index in [1.54, 1.807) is 12.3 Å². The predicted molar refractivity (Wildman–Crippen MR) is 157 cm³/mol. The number of H-pyrrole nitrogens is 1. The van der Waals surface area contributed by atoms with Crippen LogP contribution in [0.3, 0.4) is 0 Å². The molecule has 1 aliphatic rings. The van der Waals surface area contributed by atoms with Crippen LogP contribution in [-0.2, 0) is 10.3 Å². The number of alkyl carbamates (subject to hydrolysis) is 1. The Hall–Kier alpha value is -4.92. The third-order valence-electron chi connectivity index (χ3n) is 7.50. The summed E-state index contributed by atoms with van der Waals surface area (Å²) in [7, 11) is 0. The first-order chi connectivity index (χ1) is 19.6. The molecule has 1 aliphatic carbocycles. The minimum atomic E-state index is -0.573. The molecule has 0 aliphatic heterocycles. The van der Waals surface area contributed by atoms with Gasteiger partial charge in [0.15, 0.2) is 5.65 Å². The van der Waals surface area contributed by atoms with E-state index in [4.69, 9.17) is 15.5 Å². The summed E-state index contributed by atoms with van der Waals surface area (Å²) in [6, 6.07) is 21.6. The Balaban J connectivity index is 1.46. The number of nitrogens with zero attached hydrogens (tertiary/aromatic N) is 3. The zero-order chi connectivity index (χ0) is 28.8. The van der Waals surface area contributed by atoms with Gasteiger partial charge in [0.1, 0.15) is 5.60 Å². The van der Waals surface area contributed by atoms with Crippen molar-refractivity contribution in [2.75, 3.05) is 0 Å². The lowest BCUT2D eigenvalue weighted by molar-refractivity contribution is 0.0377. The Bertz CT molecular complexity index is 1730. The van der Waals surface area contributed by atoms with Crippen molar-refractivity contribution >= 4 is 17.6 Å². The van der Waals surface area contributed by atoms with Crippen molar-refractivity contribution in [1.29, 1.82) is 0 Å². The SMILES string of the molecule is CC(C)(C)OC(=O)NC1(c2ccc(-c3nc4c(C(N)=O)cc(-c5ccn[nH]5)cn4c3-c3ccccc3)cc2)CCC1. The first-order valence-electron chi connectivity index (χ1n) is 13.7. The lowest BCUT2D eigenvalue weighted by atomic mass is 9.71. The van der Waals surface area contributed by atoms with Gasteiger partial charge in [-0.3, -0.25) is 14.3 Å². The minimum Gasteiger partial charge on any atom is -0.444 e. The van der Waals surface area contributed by atoms with E-state index in [9.17, 15) is 9.59 Å². The number of aromatic nitrogens is 4. The second kappa shape index (κ2) is 9.92. The number of pyridine rings is 1. The van der Waals surface area contributed by atoms with Crippen LogP contribution < -0.4 is 11.1 Å². The molecule has 0 spiro atoms. The highest BCUT2D eigenvalue weighted by Gasteiger charge is 2.41. The molecule has 0 atom stereocenters. The van der Waals surface area contributed by atoms with Gasteiger partial charge in [-0.2, -0.15) is 5.10 Å². The summed E-state index contributed by atoms with van der Waals surface area (Å²) in [5, 5.41) is 10.1. The zero-order valence-corrected chi connectivity index (χ0v) is 23.3. The molecule has 4 N–H and O–H groups in total. The highest BCUT2D eigenvalue weighted by Crippen LogP contribution is 2.43. The van der Waals surface area contributed by atoms with E-state index >= 15 is 0 Å². The molecule has 5 aromatic rings. The summed E-state index contributed by atoms with van der Waals surface area (Å²) in [6.07, 6.45) is 5.89. The number of benzene rings is 2. The van der Waals surface area contributed by atoms with Crippen molar-refractivity contribution in [2.45, 2.75) is 51.2 Å². The van der Waals surface area contributed by atoms with Crippen molar-refractivity contribution in [1.82, 2.24) is 24.9 Å². The first kappa shape index (κ1) is 26.3. The largest absolute Gasteiger partial charge is 0.444 e. The molecule has 3 aromatic heterocycles. The van der Waals surface area contributed by atoms with Crippen molar-refractivity contribution < 1.29 is 14.3 Å². The molecule has 1 saturated carbocycles. The molecule has 9 heteroatoms. The van der Waals surface area contributed by atoms with Crippen LogP contribution in [0.5, 0.6) is 0 Å². The highest BCUT2D eigenvalue weighted by molar-refractivity contribution is 6.01. The van der Waals surface area contributed by atoms with Gasteiger partial charge in [0.05, 0.1) is 28.2 Å². The van der Waals surface area contributed by atoms with E-state index in [1.165, 1.54) is 0 Å². The van der Waals surface area contributed by atoms with Gasteiger partial charge in [-0.05, 0) is 57.7 Å². The number of imidazole rings is 1. The minimum absolute atomic E-state index is 0.312. The topological polar surface area (TPSA) is 127 Å². The molecule has 0 radical (unpaired) electrons. The van der Waals surface area contributed by atoms with Crippen molar-refractivity contribution in [3.05, 3.63) is 90.3 Å². The second-order valence-corrected chi connectivity index (χ2v) is 11.5. The number of hydrogen-bond donors (Lipinski definition) is 3. The Kier molecular flexibility index (Phi) is 6.37. The molecule has 9 nitrogen and oxygen atoms in total. The van der Waals surface area contributed by atoms with Gasteiger partial charge in [-0.25, -0.2) is 9.78 Å². The molecule has 0 bridgehead atoms. The van der Waals surface area contributed by atoms with Gasteiger partial charge in [-0.15, -0.1) is 0 Å². The number of ether oxygens (including phenoxy) is 1. The van der Waals surface area contributed by atoms with Crippen LogP contribution in [0.15, 0.2) is 79.1 Å². The average Bonchev–Trinajstić information content (AvgIpc) is 3.58. The van der Waals surface area contributed by atoms with Gasteiger partial charge in [0.25, 0.3) is 5.91 Å². The molecule has 1 fully saturated rings. The standard InChI is InChI=1S/C32H32N6O3/c1-31(2,3)41-30(40)36-32(15-7-16-32)23-12-10-20(11-13-23)26-27(21-8-5-4-6-9-21)38-19-22(25-14-17-34-37-25)18-24(28(33)39)29(38)35-26/h4-6,8-14,17-19H,7,15-16H2,1-3H3,(H2,33,39)(H,34,37)(H,36,40). The van der Waals surface area contributed by atoms with Crippen molar-refractivity contribution in [2.24, 2.45) is 5.73 Å². The van der Waals surface area contributed by atoms with Crippen LogP contribution in [0.1, 0.15) is 56.0 Å². The Morgan fingerprint density at radius 3 is 2.32 bits per heavy atom. The van der Waals surface area contributed by atoms with Gasteiger partial charge in [0.2, 0.25) is 0 Å². The number of carbonyl (C=O) groups excluding carboxylic acids is 2. The number of carbonyl (C=O) groups is 2. The van der Waals surface area contributed by atoms with Crippen molar-refractivity contribution in [3.8, 4) is 33.8 Å². The smallest absolute Gasteiger partial charge is 0.408 e. The fraction of sp³-hybridized carbons (Fsp3) is 0.250. The summed E-state index contributed by atoms with van der Waals surface area (Å²) >= 11 is 0. The fourth-order valence-corrected chi connectivity index (χ4v) is 5.43. The number of nitrogens with two attached hydrogens (primary N) is 1. The molecule has 0 unspecified atom stereocenters. The normalized spacial score (nSPS) is 14.4. The molecular formula is C32H32N6O3. The van der Waals surface area contributed by atoms with E-state index in [-0.39, 0.29) is 0 Å². The molecule has 2 amide bonds. The second-order valence-electron chi connectivity index (χ2n) is 11.5. The maximum absolute atomic E-state index is 12.6. The summed E-state index contributed by atoms with van der Waals surface area (Å²) in [5.74, 6) is -0.567. The van der Waals surface area contributed by atoms with Gasteiger partial charge in [0, 0.05) is 29.1 Å². The molecule has 0 saturated heterocycles. The van der Waals surface area contributed by atoms with Gasteiger partial charge >= 0.3 is 6.09 Å². The van der Waals surface area contributed by atoms with Crippen molar-refractivity contribution in [3.63, 3.8) is 0 Å². The Labute approximate surface area is 237 Å². The maximum Gasteiger partial charge on any atom is 0.408 e. The van der Waals surface area contributed by atoms with Crippen LogP contribution in [0.4, 0.5) is 4.79 Å². The van der Waals surface area contributed by atoms with E-state index in [0.29, 0.717) is 11.2 Å². The van der Waals surface area contributed by atoms with Crippen LogP contribution >= 0.6 is 0 Å². The summed E-state index contributed by atoms with van der Waals surface area (Å²) in [4.78, 5) is 30.2. The Morgan fingerprint density at radius 2 is 1.73 bits per heavy atom. The molecule has 6 rings (SSSR count). The lowest BCUT2D eigenvalue weighted by Gasteiger charge is -2.43. The lowest BCUT2D eigenvalue weighted by Crippen LogP contribution is -2.52. The Morgan fingerprint density at radius 1 is 1.00 bits per heavy atom.